The molecule has 1 aromatic heterocycles. The maximum Gasteiger partial charge on any atom is 0.310 e. The van der Waals surface area contributed by atoms with E-state index in [2.05, 4.69) is 35.9 Å². The van der Waals surface area contributed by atoms with E-state index >= 15 is 0 Å². The molecule has 0 fully saturated rings. The van der Waals surface area contributed by atoms with E-state index in [9.17, 15) is 9.90 Å². The molecule has 4 heteroatoms. The molecule has 0 saturated carbocycles. The average molecular weight is 417 g/mol. The zero-order valence-electron chi connectivity index (χ0n) is 18.6. The van der Waals surface area contributed by atoms with Gasteiger partial charge in [0, 0.05) is 18.0 Å². The minimum absolute atomic E-state index is 0.432. The largest absolute Gasteiger partial charge is 0.481 e. The lowest BCUT2D eigenvalue weighted by Crippen LogP contribution is -2.11. The van der Waals surface area contributed by atoms with Crippen molar-refractivity contribution in [3.05, 3.63) is 72.1 Å². The standard InChI is InChI=1S/C27H32N2O2/c1-3-5-7-8-20-18-28-26(29-19-20)24-16-12-22(13-17-24)21-10-14-23(15-11-21)25(27(30)31)9-6-4-2/h10-19,25H,3-9H2,1-2H3,(H,30,31). The molecule has 0 aliphatic heterocycles. The summed E-state index contributed by atoms with van der Waals surface area (Å²) in [5.74, 6) is -0.443. The Hall–Kier alpha value is -3.01. The van der Waals surface area contributed by atoms with Crippen molar-refractivity contribution in [2.45, 2.75) is 64.7 Å². The maximum atomic E-state index is 11.6. The van der Waals surface area contributed by atoms with E-state index in [4.69, 9.17) is 0 Å². The van der Waals surface area contributed by atoms with E-state index in [1.165, 1.54) is 24.8 Å². The highest BCUT2D eigenvalue weighted by Crippen LogP contribution is 2.27. The van der Waals surface area contributed by atoms with Gasteiger partial charge in [-0.25, -0.2) is 9.97 Å². The second-order valence-electron chi connectivity index (χ2n) is 8.10. The van der Waals surface area contributed by atoms with E-state index < -0.39 is 11.9 Å². The molecule has 2 aromatic carbocycles. The zero-order valence-corrected chi connectivity index (χ0v) is 18.6. The molecule has 162 valence electrons. The Morgan fingerprint density at radius 2 is 1.35 bits per heavy atom. The lowest BCUT2D eigenvalue weighted by molar-refractivity contribution is -0.139. The third-order valence-corrected chi connectivity index (χ3v) is 5.71. The molecule has 0 spiro atoms. The molecule has 0 aliphatic carbocycles. The first kappa shape index (κ1) is 22.7. The van der Waals surface area contributed by atoms with Crippen LogP contribution >= 0.6 is 0 Å². The fourth-order valence-corrected chi connectivity index (χ4v) is 3.77. The van der Waals surface area contributed by atoms with Gasteiger partial charge in [0.2, 0.25) is 0 Å². The number of carbonyl (C=O) groups is 1. The van der Waals surface area contributed by atoms with Crippen molar-refractivity contribution >= 4 is 5.97 Å². The third-order valence-electron chi connectivity index (χ3n) is 5.71. The molecule has 0 saturated heterocycles. The average Bonchev–Trinajstić information content (AvgIpc) is 2.80. The maximum absolute atomic E-state index is 11.6. The van der Waals surface area contributed by atoms with Crippen LogP contribution in [0, 0.1) is 0 Å². The topological polar surface area (TPSA) is 63.1 Å². The van der Waals surface area contributed by atoms with Gasteiger partial charge < -0.3 is 5.11 Å². The van der Waals surface area contributed by atoms with Crippen LogP contribution in [0.2, 0.25) is 0 Å². The summed E-state index contributed by atoms with van der Waals surface area (Å²) in [5, 5.41) is 9.54. The summed E-state index contributed by atoms with van der Waals surface area (Å²) in [5.41, 5.74) is 5.21. The minimum Gasteiger partial charge on any atom is -0.481 e. The predicted molar refractivity (Wildman–Crippen MR) is 126 cm³/mol. The van der Waals surface area contributed by atoms with E-state index in [1.807, 2.05) is 48.8 Å². The van der Waals surface area contributed by atoms with Gasteiger partial charge in [-0.15, -0.1) is 0 Å². The second kappa shape index (κ2) is 11.4. The number of nitrogens with zero attached hydrogens (tertiary/aromatic N) is 2. The highest BCUT2D eigenvalue weighted by atomic mass is 16.4. The minimum atomic E-state index is -0.748. The number of benzene rings is 2. The summed E-state index contributed by atoms with van der Waals surface area (Å²) in [6, 6.07) is 16.1. The van der Waals surface area contributed by atoms with Crippen molar-refractivity contribution < 1.29 is 9.90 Å². The lowest BCUT2D eigenvalue weighted by Gasteiger charge is -2.13. The monoisotopic (exact) mass is 416 g/mol. The van der Waals surface area contributed by atoms with Gasteiger partial charge in [-0.05, 0) is 41.5 Å². The first-order valence-corrected chi connectivity index (χ1v) is 11.4. The molecule has 3 aromatic rings. The molecule has 1 unspecified atom stereocenters. The number of aryl methyl sites for hydroxylation is 1. The molecular formula is C27H32N2O2. The number of rotatable bonds is 11. The second-order valence-corrected chi connectivity index (χ2v) is 8.10. The van der Waals surface area contributed by atoms with Crippen molar-refractivity contribution in [1.29, 1.82) is 0 Å². The molecule has 0 aliphatic rings. The van der Waals surface area contributed by atoms with Gasteiger partial charge in [0.05, 0.1) is 5.92 Å². The van der Waals surface area contributed by atoms with Crippen molar-refractivity contribution in [2.24, 2.45) is 0 Å². The number of hydrogen-bond donors (Lipinski definition) is 1. The van der Waals surface area contributed by atoms with Crippen LogP contribution in [0.25, 0.3) is 22.5 Å². The number of carboxylic acid groups (broad SMARTS) is 1. The van der Waals surface area contributed by atoms with Crippen LogP contribution in [0.4, 0.5) is 0 Å². The van der Waals surface area contributed by atoms with Gasteiger partial charge in [0.1, 0.15) is 0 Å². The molecule has 1 heterocycles. The quantitative estimate of drug-likeness (QED) is 0.345. The van der Waals surface area contributed by atoms with E-state index in [0.29, 0.717) is 6.42 Å². The summed E-state index contributed by atoms with van der Waals surface area (Å²) >= 11 is 0. The van der Waals surface area contributed by atoms with Crippen molar-refractivity contribution in [3.63, 3.8) is 0 Å². The molecular weight excluding hydrogens is 384 g/mol. The molecule has 1 atom stereocenters. The molecule has 4 nitrogen and oxygen atoms in total. The fourth-order valence-electron chi connectivity index (χ4n) is 3.77. The van der Waals surface area contributed by atoms with Crippen molar-refractivity contribution in [3.8, 4) is 22.5 Å². The van der Waals surface area contributed by atoms with Crippen LogP contribution < -0.4 is 0 Å². The van der Waals surface area contributed by atoms with Crippen LogP contribution in [-0.4, -0.2) is 21.0 Å². The van der Waals surface area contributed by atoms with Gasteiger partial charge in [-0.2, -0.15) is 0 Å². The number of carboxylic acids is 1. The Balaban J connectivity index is 1.69. The highest BCUT2D eigenvalue weighted by molar-refractivity contribution is 5.76. The van der Waals surface area contributed by atoms with Crippen molar-refractivity contribution in [1.82, 2.24) is 9.97 Å². The normalized spacial score (nSPS) is 11.9. The Morgan fingerprint density at radius 3 is 1.90 bits per heavy atom. The number of hydrogen-bond acceptors (Lipinski definition) is 3. The number of unbranched alkanes of at least 4 members (excludes halogenated alkanes) is 3. The van der Waals surface area contributed by atoms with E-state index in [1.54, 1.807) is 0 Å². The van der Waals surface area contributed by atoms with Gasteiger partial charge in [0.25, 0.3) is 0 Å². The summed E-state index contributed by atoms with van der Waals surface area (Å²) in [4.78, 5) is 20.7. The van der Waals surface area contributed by atoms with E-state index in [-0.39, 0.29) is 0 Å². The van der Waals surface area contributed by atoms with Crippen LogP contribution in [-0.2, 0) is 11.2 Å². The Labute approximate surface area is 185 Å². The number of aliphatic carboxylic acids is 1. The third kappa shape index (κ3) is 6.24. The van der Waals surface area contributed by atoms with Crippen molar-refractivity contribution in [2.75, 3.05) is 0 Å². The Bertz CT molecular complexity index is 948. The lowest BCUT2D eigenvalue weighted by atomic mass is 9.92. The van der Waals surface area contributed by atoms with Gasteiger partial charge >= 0.3 is 5.97 Å². The first-order valence-electron chi connectivity index (χ1n) is 11.4. The van der Waals surface area contributed by atoms with Crippen LogP contribution in [0.15, 0.2) is 60.9 Å². The van der Waals surface area contributed by atoms with Gasteiger partial charge in [0.15, 0.2) is 5.82 Å². The summed E-state index contributed by atoms with van der Waals surface area (Å²) in [7, 11) is 0. The predicted octanol–water partition coefficient (Wildman–Crippen LogP) is 6.90. The molecule has 0 radical (unpaired) electrons. The summed E-state index contributed by atoms with van der Waals surface area (Å²) < 4.78 is 0. The molecule has 1 N–H and O–H groups in total. The first-order chi connectivity index (χ1) is 15.1. The Morgan fingerprint density at radius 1 is 0.806 bits per heavy atom. The Kier molecular flexibility index (Phi) is 8.34. The van der Waals surface area contributed by atoms with E-state index in [0.717, 1.165) is 47.3 Å². The number of aromatic nitrogens is 2. The molecule has 31 heavy (non-hydrogen) atoms. The SMILES string of the molecule is CCCCCc1cnc(-c2ccc(-c3ccc(C(CCCC)C(=O)O)cc3)cc2)nc1. The summed E-state index contributed by atoms with van der Waals surface area (Å²) in [6.45, 7) is 4.29. The molecule has 3 rings (SSSR count). The fraction of sp³-hybridized carbons (Fsp3) is 0.370. The van der Waals surface area contributed by atoms with Crippen LogP contribution in [0.1, 0.15) is 69.4 Å². The van der Waals surface area contributed by atoms with Gasteiger partial charge in [-0.3, -0.25) is 4.79 Å². The molecule has 0 bridgehead atoms. The van der Waals surface area contributed by atoms with Gasteiger partial charge in [-0.1, -0.05) is 88.1 Å². The molecule has 0 amide bonds. The highest BCUT2D eigenvalue weighted by Gasteiger charge is 2.19. The summed E-state index contributed by atoms with van der Waals surface area (Å²) in [6.07, 6.45) is 11.1. The zero-order chi connectivity index (χ0) is 22.1. The van der Waals surface area contributed by atoms with Crippen LogP contribution in [0.5, 0.6) is 0 Å². The smallest absolute Gasteiger partial charge is 0.310 e. The van der Waals surface area contributed by atoms with Crippen LogP contribution in [0.3, 0.4) is 0 Å².